The van der Waals surface area contributed by atoms with Gasteiger partial charge in [0.2, 0.25) is 0 Å². The molecule has 0 bridgehead atoms. The highest BCUT2D eigenvalue weighted by Crippen LogP contribution is 2.18. The summed E-state index contributed by atoms with van der Waals surface area (Å²) in [6, 6.07) is 4.27. The summed E-state index contributed by atoms with van der Waals surface area (Å²) in [6.07, 6.45) is 0. The van der Waals surface area contributed by atoms with Gasteiger partial charge in [0, 0.05) is 12.6 Å². The molecule has 110 valence electrons. The molecule has 0 spiro atoms. The first-order valence-electron chi connectivity index (χ1n) is 6.39. The first kappa shape index (κ1) is 16.0. The molecule has 0 aliphatic carbocycles. The smallest absolute Gasteiger partial charge is 0.337 e. The topological polar surface area (TPSA) is 89.9 Å². The van der Waals surface area contributed by atoms with E-state index in [9.17, 15) is 9.59 Å². The average molecular weight is 280 g/mol. The van der Waals surface area contributed by atoms with Crippen LogP contribution in [0.25, 0.3) is 0 Å². The zero-order valence-corrected chi connectivity index (χ0v) is 11.9. The molecule has 0 aromatic heterocycles. The van der Waals surface area contributed by atoms with E-state index < -0.39 is 12.0 Å². The van der Waals surface area contributed by atoms with E-state index in [4.69, 9.17) is 10.2 Å². The molecule has 0 aliphatic rings. The monoisotopic (exact) mass is 280 g/mol. The highest BCUT2D eigenvalue weighted by atomic mass is 16.4. The van der Waals surface area contributed by atoms with Crippen LogP contribution in [0.3, 0.4) is 0 Å². The lowest BCUT2D eigenvalue weighted by Gasteiger charge is -2.26. The Morgan fingerprint density at radius 1 is 1.35 bits per heavy atom. The van der Waals surface area contributed by atoms with Crippen molar-refractivity contribution >= 4 is 17.7 Å². The number of hydrogen-bond acceptors (Lipinski definition) is 3. The number of carboxylic acids is 1. The van der Waals surface area contributed by atoms with Crippen molar-refractivity contribution in [2.45, 2.75) is 26.8 Å². The summed E-state index contributed by atoms with van der Waals surface area (Å²) in [5.41, 5.74) is 1.10. The summed E-state index contributed by atoms with van der Waals surface area (Å²) in [7, 11) is 0. The zero-order chi connectivity index (χ0) is 15.3. The number of urea groups is 1. The van der Waals surface area contributed by atoms with Gasteiger partial charge in [0.1, 0.15) is 0 Å². The van der Waals surface area contributed by atoms with E-state index >= 15 is 0 Å². The number of nitrogens with zero attached hydrogens (tertiary/aromatic N) is 1. The van der Waals surface area contributed by atoms with Crippen LogP contribution in [0.4, 0.5) is 10.5 Å². The Balaban J connectivity index is 2.97. The number of aliphatic hydroxyl groups excluding tert-OH is 1. The van der Waals surface area contributed by atoms with Crippen molar-refractivity contribution in [1.82, 2.24) is 4.90 Å². The summed E-state index contributed by atoms with van der Waals surface area (Å²) >= 11 is 0. The van der Waals surface area contributed by atoms with E-state index in [2.05, 4.69) is 5.32 Å². The van der Waals surface area contributed by atoms with Crippen LogP contribution in [-0.2, 0) is 0 Å². The summed E-state index contributed by atoms with van der Waals surface area (Å²) < 4.78 is 0. The summed E-state index contributed by atoms with van der Waals surface area (Å²) in [5, 5.41) is 20.7. The molecule has 0 unspecified atom stereocenters. The fourth-order valence-electron chi connectivity index (χ4n) is 1.83. The SMILES string of the molecule is Cc1ccc(NC(=O)N(CCO)C(C)C)c(C(=O)O)c1. The van der Waals surface area contributed by atoms with Gasteiger partial charge in [-0.15, -0.1) is 0 Å². The highest BCUT2D eigenvalue weighted by Gasteiger charge is 2.19. The van der Waals surface area contributed by atoms with Crippen molar-refractivity contribution in [3.63, 3.8) is 0 Å². The third kappa shape index (κ3) is 3.96. The Hall–Kier alpha value is -2.08. The van der Waals surface area contributed by atoms with Crippen molar-refractivity contribution in [3.8, 4) is 0 Å². The van der Waals surface area contributed by atoms with Gasteiger partial charge in [-0.3, -0.25) is 0 Å². The van der Waals surface area contributed by atoms with Crippen molar-refractivity contribution in [2.75, 3.05) is 18.5 Å². The molecule has 0 fully saturated rings. The van der Waals surface area contributed by atoms with Crippen LogP contribution in [-0.4, -0.2) is 46.3 Å². The molecule has 1 rings (SSSR count). The zero-order valence-electron chi connectivity index (χ0n) is 11.9. The van der Waals surface area contributed by atoms with Crippen LogP contribution >= 0.6 is 0 Å². The lowest BCUT2D eigenvalue weighted by Crippen LogP contribution is -2.42. The van der Waals surface area contributed by atoms with E-state index in [1.54, 1.807) is 19.1 Å². The van der Waals surface area contributed by atoms with Crippen LogP contribution in [0, 0.1) is 6.92 Å². The molecule has 1 aromatic rings. The normalized spacial score (nSPS) is 10.4. The molecule has 20 heavy (non-hydrogen) atoms. The van der Waals surface area contributed by atoms with Gasteiger partial charge < -0.3 is 20.4 Å². The van der Waals surface area contributed by atoms with Gasteiger partial charge in [0.25, 0.3) is 0 Å². The summed E-state index contributed by atoms with van der Waals surface area (Å²) in [4.78, 5) is 24.7. The van der Waals surface area contributed by atoms with Crippen molar-refractivity contribution < 1.29 is 19.8 Å². The Bertz CT molecular complexity index is 500. The van der Waals surface area contributed by atoms with E-state index in [1.165, 1.54) is 11.0 Å². The molecule has 2 amide bonds. The van der Waals surface area contributed by atoms with Crippen molar-refractivity contribution in [2.24, 2.45) is 0 Å². The van der Waals surface area contributed by atoms with Gasteiger partial charge >= 0.3 is 12.0 Å². The number of anilines is 1. The largest absolute Gasteiger partial charge is 0.478 e. The maximum atomic E-state index is 12.1. The van der Waals surface area contributed by atoms with E-state index in [-0.39, 0.29) is 30.4 Å². The number of hydrogen-bond donors (Lipinski definition) is 3. The van der Waals surface area contributed by atoms with Crippen LogP contribution in [0.15, 0.2) is 18.2 Å². The van der Waals surface area contributed by atoms with Crippen LogP contribution < -0.4 is 5.32 Å². The maximum absolute atomic E-state index is 12.1. The number of aliphatic hydroxyl groups is 1. The second kappa shape index (κ2) is 6.91. The van der Waals surface area contributed by atoms with Crippen LogP contribution in [0.1, 0.15) is 29.8 Å². The fraction of sp³-hybridized carbons (Fsp3) is 0.429. The first-order valence-corrected chi connectivity index (χ1v) is 6.39. The Kier molecular flexibility index (Phi) is 5.52. The number of aromatic carboxylic acids is 1. The Labute approximate surface area is 118 Å². The minimum Gasteiger partial charge on any atom is -0.478 e. The Morgan fingerprint density at radius 3 is 2.50 bits per heavy atom. The molecule has 6 nitrogen and oxygen atoms in total. The third-order valence-corrected chi connectivity index (χ3v) is 2.87. The molecule has 0 radical (unpaired) electrons. The first-order chi connectivity index (χ1) is 9.36. The summed E-state index contributed by atoms with van der Waals surface area (Å²) in [6.45, 7) is 5.47. The van der Waals surface area contributed by atoms with Crippen LogP contribution in [0.2, 0.25) is 0 Å². The van der Waals surface area contributed by atoms with E-state index in [1.807, 2.05) is 13.8 Å². The van der Waals surface area contributed by atoms with Gasteiger partial charge in [0.15, 0.2) is 0 Å². The minimum absolute atomic E-state index is 0.0473. The number of carboxylic acid groups (broad SMARTS) is 1. The molecule has 0 aliphatic heterocycles. The number of carbonyl (C=O) groups excluding carboxylic acids is 1. The minimum atomic E-state index is -1.10. The van der Waals surface area contributed by atoms with E-state index in [0.29, 0.717) is 0 Å². The maximum Gasteiger partial charge on any atom is 0.337 e. The lowest BCUT2D eigenvalue weighted by molar-refractivity contribution is 0.0698. The molecule has 0 saturated carbocycles. The lowest BCUT2D eigenvalue weighted by atomic mass is 10.1. The number of amides is 2. The molecule has 6 heteroatoms. The summed E-state index contributed by atoms with van der Waals surface area (Å²) in [5.74, 6) is -1.10. The van der Waals surface area contributed by atoms with E-state index in [0.717, 1.165) is 5.56 Å². The molecule has 0 saturated heterocycles. The Morgan fingerprint density at radius 2 is 2.00 bits per heavy atom. The molecule has 3 N–H and O–H groups in total. The molecular formula is C14H20N2O4. The molecule has 0 heterocycles. The standard InChI is InChI=1S/C14H20N2O4/c1-9(2)16(6-7-17)14(20)15-12-5-4-10(3)8-11(12)13(18)19/h4-5,8-9,17H,6-7H2,1-3H3,(H,15,20)(H,18,19). The predicted octanol–water partition coefficient (Wildman–Crippen LogP) is 1.93. The van der Waals surface area contributed by atoms with Gasteiger partial charge in [-0.2, -0.15) is 0 Å². The number of rotatable bonds is 5. The second-order valence-corrected chi connectivity index (χ2v) is 4.80. The number of nitrogens with one attached hydrogen (secondary N) is 1. The number of aryl methyl sites for hydroxylation is 1. The van der Waals surface area contributed by atoms with Gasteiger partial charge in [-0.05, 0) is 32.9 Å². The molecular weight excluding hydrogens is 260 g/mol. The van der Waals surface area contributed by atoms with Gasteiger partial charge in [-0.1, -0.05) is 11.6 Å². The number of carbonyl (C=O) groups is 2. The predicted molar refractivity (Wildman–Crippen MR) is 76.1 cm³/mol. The second-order valence-electron chi connectivity index (χ2n) is 4.80. The highest BCUT2D eigenvalue weighted by molar-refractivity contribution is 6.00. The quantitative estimate of drug-likeness (QED) is 0.768. The third-order valence-electron chi connectivity index (χ3n) is 2.87. The molecule has 0 atom stereocenters. The van der Waals surface area contributed by atoms with Gasteiger partial charge in [0.05, 0.1) is 17.9 Å². The number of benzene rings is 1. The van der Waals surface area contributed by atoms with Crippen molar-refractivity contribution in [3.05, 3.63) is 29.3 Å². The van der Waals surface area contributed by atoms with Crippen LogP contribution in [0.5, 0.6) is 0 Å². The van der Waals surface area contributed by atoms with Crippen molar-refractivity contribution in [1.29, 1.82) is 0 Å². The average Bonchev–Trinajstić information content (AvgIpc) is 2.37. The van der Waals surface area contributed by atoms with Gasteiger partial charge in [-0.25, -0.2) is 9.59 Å². The fourth-order valence-corrected chi connectivity index (χ4v) is 1.83. The molecule has 1 aromatic carbocycles.